The molecular formula is C12H14ClFN2S. The second-order valence-corrected chi connectivity index (χ2v) is 6.07. The quantitative estimate of drug-likeness (QED) is 0.830. The van der Waals surface area contributed by atoms with Crippen LogP contribution in [0.2, 0.25) is 5.02 Å². The van der Waals surface area contributed by atoms with Crippen molar-refractivity contribution in [1.29, 1.82) is 0 Å². The van der Waals surface area contributed by atoms with Gasteiger partial charge in [-0.15, -0.1) is 0 Å². The van der Waals surface area contributed by atoms with Crippen LogP contribution in [0, 0.1) is 5.82 Å². The standard InChI is InChI=1S/C12H14ClFN2S/c1-12(2)5-6-17-11(16-12)15-10-7-8(14)3-4-9(10)13/h3-4,7H,5-6H2,1-2H3,(H,15,16). The predicted molar refractivity (Wildman–Crippen MR) is 73.6 cm³/mol. The van der Waals surface area contributed by atoms with Crippen molar-refractivity contribution < 1.29 is 4.39 Å². The zero-order valence-electron chi connectivity index (χ0n) is 9.76. The molecule has 1 aliphatic heterocycles. The Morgan fingerprint density at radius 3 is 2.94 bits per heavy atom. The second kappa shape index (κ2) is 4.86. The van der Waals surface area contributed by atoms with E-state index in [2.05, 4.69) is 24.2 Å². The highest BCUT2D eigenvalue weighted by Gasteiger charge is 2.22. The molecular weight excluding hydrogens is 259 g/mol. The molecule has 0 aromatic heterocycles. The molecule has 2 nitrogen and oxygen atoms in total. The Hall–Kier alpha value is -0.740. The molecule has 0 unspecified atom stereocenters. The molecule has 1 N–H and O–H groups in total. The molecule has 1 aromatic rings. The number of hydrogen-bond acceptors (Lipinski definition) is 3. The lowest BCUT2D eigenvalue weighted by atomic mass is 10.0. The van der Waals surface area contributed by atoms with Crippen LogP contribution in [0.25, 0.3) is 0 Å². The summed E-state index contributed by atoms with van der Waals surface area (Å²) in [6.45, 7) is 4.17. The van der Waals surface area contributed by atoms with Crippen LogP contribution in [0.15, 0.2) is 23.2 Å². The highest BCUT2D eigenvalue weighted by Crippen LogP contribution is 2.29. The van der Waals surface area contributed by atoms with Gasteiger partial charge < -0.3 is 5.32 Å². The van der Waals surface area contributed by atoms with Crippen LogP contribution in [-0.2, 0) is 0 Å². The Kier molecular flexibility index (Phi) is 3.64. The largest absolute Gasteiger partial charge is 0.334 e. The molecule has 1 heterocycles. The smallest absolute Gasteiger partial charge is 0.161 e. The number of halogens is 2. The first-order valence-corrected chi connectivity index (χ1v) is 6.77. The Morgan fingerprint density at radius 1 is 1.47 bits per heavy atom. The van der Waals surface area contributed by atoms with Gasteiger partial charge in [-0.25, -0.2) is 4.39 Å². The molecule has 0 atom stereocenters. The summed E-state index contributed by atoms with van der Waals surface area (Å²) in [5.74, 6) is 0.698. The van der Waals surface area contributed by atoms with Gasteiger partial charge in [0.1, 0.15) is 5.82 Å². The summed E-state index contributed by atoms with van der Waals surface area (Å²) in [4.78, 5) is 4.57. The van der Waals surface area contributed by atoms with E-state index in [0.717, 1.165) is 17.3 Å². The molecule has 0 fully saturated rings. The van der Waals surface area contributed by atoms with Gasteiger partial charge in [-0.05, 0) is 38.5 Å². The molecule has 92 valence electrons. The van der Waals surface area contributed by atoms with E-state index in [1.165, 1.54) is 12.1 Å². The van der Waals surface area contributed by atoms with Crippen LogP contribution in [0.1, 0.15) is 20.3 Å². The number of hydrogen-bond donors (Lipinski definition) is 1. The topological polar surface area (TPSA) is 24.4 Å². The first kappa shape index (κ1) is 12.7. The lowest BCUT2D eigenvalue weighted by molar-refractivity contribution is 0.507. The molecule has 0 spiro atoms. The monoisotopic (exact) mass is 272 g/mol. The molecule has 17 heavy (non-hydrogen) atoms. The van der Waals surface area contributed by atoms with Crippen molar-refractivity contribution in [2.75, 3.05) is 11.1 Å². The van der Waals surface area contributed by atoms with Gasteiger partial charge in [0.15, 0.2) is 5.17 Å². The van der Waals surface area contributed by atoms with Gasteiger partial charge in [0, 0.05) is 5.75 Å². The molecule has 0 saturated carbocycles. The first-order valence-electron chi connectivity index (χ1n) is 5.41. The SMILES string of the molecule is CC1(C)CCSC(Nc2cc(F)ccc2Cl)=N1. The van der Waals surface area contributed by atoms with E-state index in [1.54, 1.807) is 17.8 Å². The number of anilines is 1. The van der Waals surface area contributed by atoms with Crippen molar-refractivity contribution in [2.24, 2.45) is 4.99 Å². The van der Waals surface area contributed by atoms with E-state index in [0.29, 0.717) is 10.7 Å². The number of nitrogens with zero attached hydrogens (tertiary/aromatic N) is 1. The third-order valence-corrected chi connectivity index (χ3v) is 3.73. The van der Waals surface area contributed by atoms with Gasteiger partial charge in [0.05, 0.1) is 16.2 Å². The van der Waals surface area contributed by atoms with E-state index < -0.39 is 0 Å². The molecule has 1 aliphatic rings. The third kappa shape index (κ3) is 3.36. The van der Waals surface area contributed by atoms with Gasteiger partial charge in [-0.2, -0.15) is 0 Å². The van der Waals surface area contributed by atoms with E-state index in [9.17, 15) is 4.39 Å². The highest BCUT2D eigenvalue weighted by molar-refractivity contribution is 8.14. The molecule has 0 saturated heterocycles. The molecule has 1 aromatic carbocycles. The summed E-state index contributed by atoms with van der Waals surface area (Å²) in [6, 6.07) is 4.26. The van der Waals surface area contributed by atoms with Gasteiger partial charge in [-0.1, -0.05) is 23.4 Å². The van der Waals surface area contributed by atoms with Gasteiger partial charge in [0.25, 0.3) is 0 Å². The lowest BCUT2D eigenvalue weighted by Gasteiger charge is -2.26. The van der Waals surface area contributed by atoms with Crippen molar-refractivity contribution in [2.45, 2.75) is 25.8 Å². The minimum Gasteiger partial charge on any atom is -0.334 e. The molecule has 5 heteroatoms. The van der Waals surface area contributed by atoms with Crippen molar-refractivity contribution >= 4 is 34.2 Å². The predicted octanol–water partition coefficient (Wildman–Crippen LogP) is 4.16. The Labute approximate surface area is 110 Å². The fourth-order valence-electron chi connectivity index (χ4n) is 1.53. The van der Waals surface area contributed by atoms with E-state index in [-0.39, 0.29) is 11.4 Å². The minimum absolute atomic E-state index is 0.0621. The number of rotatable bonds is 1. The Morgan fingerprint density at radius 2 is 2.24 bits per heavy atom. The molecule has 0 bridgehead atoms. The van der Waals surface area contributed by atoms with E-state index >= 15 is 0 Å². The maximum atomic E-state index is 13.1. The molecule has 0 radical (unpaired) electrons. The fraction of sp³-hybridized carbons (Fsp3) is 0.417. The van der Waals surface area contributed by atoms with Crippen molar-refractivity contribution in [3.05, 3.63) is 29.0 Å². The Balaban J connectivity index is 2.21. The van der Waals surface area contributed by atoms with Crippen molar-refractivity contribution in [1.82, 2.24) is 0 Å². The van der Waals surface area contributed by atoms with Crippen LogP contribution < -0.4 is 5.32 Å². The van der Waals surface area contributed by atoms with Gasteiger partial charge in [-0.3, -0.25) is 4.99 Å². The average Bonchev–Trinajstić information content (AvgIpc) is 2.22. The van der Waals surface area contributed by atoms with Crippen molar-refractivity contribution in [3.8, 4) is 0 Å². The normalized spacial score (nSPS) is 18.7. The van der Waals surface area contributed by atoms with Crippen LogP contribution in [-0.4, -0.2) is 16.5 Å². The summed E-state index contributed by atoms with van der Waals surface area (Å²) in [6.07, 6.45) is 1.04. The van der Waals surface area contributed by atoms with Crippen LogP contribution in [0.3, 0.4) is 0 Å². The molecule has 0 amide bonds. The maximum absolute atomic E-state index is 13.1. The number of aliphatic imine (C=N–C) groups is 1. The van der Waals surface area contributed by atoms with Gasteiger partial charge in [0.2, 0.25) is 0 Å². The summed E-state index contributed by atoms with van der Waals surface area (Å²) in [7, 11) is 0. The number of nitrogens with one attached hydrogen (secondary N) is 1. The second-order valence-electron chi connectivity index (χ2n) is 4.58. The van der Waals surface area contributed by atoms with Gasteiger partial charge >= 0.3 is 0 Å². The average molecular weight is 273 g/mol. The van der Waals surface area contributed by atoms with Crippen LogP contribution in [0.5, 0.6) is 0 Å². The maximum Gasteiger partial charge on any atom is 0.161 e. The summed E-state index contributed by atoms with van der Waals surface area (Å²) < 4.78 is 13.1. The summed E-state index contributed by atoms with van der Waals surface area (Å²) in [5.41, 5.74) is 0.503. The van der Waals surface area contributed by atoms with Crippen LogP contribution in [0.4, 0.5) is 10.1 Å². The van der Waals surface area contributed by atoms with E-state index in [4.69, 9.17) is 11.6 Å². The summed E-state index contributed by atoms with van der Waals surface area (Å²) >= 11 is 7.63. The first-order chi connectivity index (χ1) is 7.96. The Bertz CT molecular complexity index is 460. The minimum atomic E-state index is -0.308. The lowest BCUT2D eigenvalue weighted by Crippen LogP contribution is -2.27. The highest BCUT2D eigenvalue weighted by atomic mass is 35.5. The summed E-state index contributed by atoms with van der Waals surface area (Å²) in [5, 5.41) is 4.38. The zero-order valence-corrected chi connectivity index (χ0v) is 11.3. The number of thioether (sulfide) groups is 1. The zero-order chi connectivity index (χ0) is 12.5. The van der Waals surface area contributed by atoms with E-state index in [1.807, 2.05) is 0 Å². The molecule has 0 aliphatic carbocycles. The fourth-order valence-corrected chi connectivity index (χ4v) is 2.99. The van der Waals surface area contributed by atoms with Crippen molar-refractivity contribution in [3.63, 3.8) is 0 Å². The molecule has 2 rings (SSSR count). The van der Waals surface area contributed by atoms with Crippen LogP contribution >= 0.6 is 23.4 Å². The number of benzene rings is 1. The third-order valence-electron chi connectivity index (χ3n) is 2.53. The number of amidine groups is 1.